The van der Waals surface area contributed by atoms with Gasteiger partial charge in [-0.25, -0.2) is 4.79 Å². The van der Waals surface area contributed by atoms with Gasteiger partial charge in [0.2, 0.25) is 0 Å². The molecular formula is C18H23N3O2. The van der Waals surface area contributed by atoms with Gasteiger partial charge in [-0.05, 0) is 75.2 Å². The molecule has 2 aromatic rings. The summed E-state index contributed by atoms with van der Waals surface area (Å²) < 4.78 is 5.89. The van der Waals surface area contributed by atoms with Gasteiger partial charge in [0.05, 0.1) is 0 Å². The zero-order valence-corrected chi connectivity index (χ0v) is 13.9. The number of aryl methyl sites for hydroxylation is 2. The lowest BCUT2D eigenvalue weighted by Crippen LogP contribution is -2.34. The normalized spacial score (nSPS) is 10.5. The van der Waals surface area contributed by atoms with Gasteiger partial charge < -0.3 is 21.1 Å². The molecule has 0 unspecified atom stereocenters. The number of amides is 2. The quantitative estimate of drug-likeness (QED) is 0.740. The second-order valence-corrected chi connectivity index (χ2v) is 5.85. The van der Waals surface area contributed by atoms with E-state index in [1.807, 2.05) is 52.0 Å². The number of ether oxygens (including phenoxy) is 1. The molecule has 0 spiro atoms. The van der Waals surface area contributed by atoms with Crippen molar-refractivity contribution in [3.63, 3.8) is 0 Å². The second-order valence-electron chi connectivity index (χ2n) is 5.85. The van der Waals surface area contributed by atoms with Crippen molar-refractivity contribution >= 4 is 17.4 Å². The predicted octanol–water partition coefficient (Wildman–Crippen LogP) is 4.21. The highest BCUT2D eigenvalue weighted by Gasteiger charge is 2.06. The minimum atomic E-state index is -0.223. The van der Waals surface area contributed by atoms with Crippen LogP contribution in [-0.2, 0) is 0 Å². The van der Waals surface area contributed by atoms with E-state index in [1.165, 1.54) is 0 Å². The maximum Gasteiger partial charge on any atom is 0.319 e. The van der Waals surface area contributed by atoms with Crippen molar-refractivity contribution in [1.82, 2.24) is 5.32 Å². The van der Waals surface area contributed by atoms with Gasteiger partial charge >= 0.3 is 6.03 Å². The topological polar surface area (TPSA) is 76.4 Å². The number of rotatable bonds is 4. The van der Waals surface area contributed by atoms with E-state index in [-0.39, 0.29) is 12.1 Å². The molecule has 5 nitrogen and oxygen atoms in total. The van der Waals surface area contributed by atoms with Crippen LogP contribution in [0.4, 0.5) is 16.2 Å². The van der Waals surface area contributed by atoms with E-state index >= 15 is 0 Å². The molecule has 0 saturated heterocycles. The minimum Gasteiger partial charge on any atom is -0.457 e. The zero-order chi connectivity index (χ0) is 17.0. The van der Waals surface area contributed by atoms with Crippen molar-refractivity contribution in [2.24, 2.45) is 0 Å². The standard InChI is InChI=1S/C18H23N3O2/c1-11(2)20-18(22)21-14-5-7-15(8-6-14)23-17-10-12(3)16(19)9-13(17)4/h5-11H,19H2,1-4H3,(H2,20,21,22). The molecule has 4 N–H and O–H groups in total. The molecule has 2 rings (SSSR count). The smallest absolute Gasteiger partial charge is 0.319 e. The number of benzene rings is 2. The average Bonchev–Trinajstić information content (AvgIpc) is 2.46. The molecule has 0 saturated carbocycles. The van der Waals surface area contributed by atoms with Crippen LogP contribution in [0.3, 0.4) is 0 Å². The summed E-state index contributed by atoms with van der Waals surface area (Å²) >= 11 is 0. The van der Waals surface area contributed by atoms with Crippen LogP contribution in [0.15, 0.2) is 36.4 Å². The van der Waals surface area contributed by atoms with Crippen LogP contribution in [0.1, 0.15) is 25.0 Å². The predicted molar refractivity (Wildman–Crippen MR) is 94.1 cm³/mol. The van der Waals surface area contributed by atoms with E-state index in [1.54, 1.807) is 12.1 Å². The monoisotopic (exact) mass is 313 g/mol. The number of hydrogen-bond donors (Lipinski definition) is 3. The Bertz CT molecular complexity index is 694. The van der Waals surface area contributed by atoms with Crippen molar-refractivity contribution < 1.29 is 9.53 Å². The van der Waals surface area contributed by atoms with E-state index in [2.05, 4.69) is 10.6 Å². The number of nitrogen functional groups attached to an aromatic ring is 1. The van der Waals surface area contributed by atoms with Gasteiger partial charge in [0.15, 0.2) is 0 Å². The molecule has 0 atom stereocenters. The van der Waals surface area contributed by atoms with Crippen LogP contribution in [0.25, 0.3) is 0 Å². The number of carbonyl (C=O) groups excluding carboxylic acids is 1. The van der Waals surface area contributed by atoms with Gasteiger partial charge in [-0.2, -0.15) is 0 Å². The Morgan fingerprint density at radius 2 is 1.74 bits per heavy atom. The molecule has 0 radical (unpaired) electrons. The Morgan fingerprint density at radius 3 is 2.35 bits per heavy atom. The number of urea groups is 1. The fraction of sp³-hybridized carbons (Fsp3) is 0.278. The van der Waals surface area contributed by atoms with Crippen molar-refractivity contribution in [3.05, 3.63) is 47.5 Å². The van der Waals surface area contributed by atoms with E-state index in [4.69, 9.17) is 10.5 Å². The van der Waals surface area contributed by atoms with Crippen LogP contribution in [-0.4, -0.2) is 12.1 Å². The van der Waals surface area contributed by atoms with Gasteiger partial charge in [0, 0.05) is 17.4 Å². The van der Waals surface area contributed by atoms with Gasteiger partial charge in [-0.1, -0.05) is 0 Å². The van der Waals surface area contributed by atoms with E-state index in [0.717, 1.165) is 22.6 Å². The molecule has 23 heavy (non-hydrogen) atoms. The minimum absolute atomic E-state index is 0.0920. The lowest BCUT2D eigenvalue weighted by atomic mass is 10.1. The third-order valence-corrected chi connectivity index (χ3v) is 3.32. The lowest BCUT2D eigenvalue weighted by Gasteiger charge is -2.13. The summed E-state index contributed by atoms with van der Waals surface area (Å²) in [6, 6.07) is 10.9. The van der Waals surface area contributed by atoms with E-state index in [9.17, 15) is 4.79 Å². The summed E-state index contributed by atoms with van der Waals surface area (Å²) in [6.07, 6.45) is 0. The first-order valence-electron chi connectivity index (χ1n) is 7.57. The van der Waals surface area contributed by atoms with Crippen LogP contribution >= 0.6 is 0 Å². The lowest BCUT2D eigenvalue weighted by molar-refractivity contribution is 0.250. The van der Waals surface area contributed by atoms with Crippen LogP contribution in [0, 0.1) is 13.8 Å². The second kappa shape index (κ2) is 7.05. The highest BCUT2D eigenvalue weighted by atomic mass is 16.5. The number of nitrogens with two attached hydrogens (primary N) is 1. The average molecular weight is 313 g/mol. The molecule has 0 aliphatic carbocycles. The highest BCUT2D eigenvalue weighted by molar-refractivity contribution is 5.89. The molecule has 0 bridgehead atoms. The summed E-state index contributed by atoms with van der Waals surface area (Å²) in [6.45, 7) is 7.72. The van der Waals surface area contributed by atoms with Crippen molar-refractivity contribution in [2.45, 2.75) is 33.7 Å². The third-order valence-electron chi connectivity index (χ3n) is 3.32. The van der Waals surface area contributed by atoms with Gasteiger partial charge in [-0.3, -0.25) is 0 Å². The van der Waals surface area contributed by atoms with Gasteiger partial charge in [-0.15, -0.1) is 0 Å². The molecule has 5 heteroatoms. The van der Waals surface area contributed by atoms with Gasteiger partial charge in [0.25, 0.3) is 0 Å². The first-order chi connectivity index (χ1) is 10.8. The summed E-state index contributed by atoms with van der Waals surface area (Å²) in [7, 11) is 0. The number of hydrogen-bond acceptors (Lipinski definition) is 3. The van der Waals surface area contributed by atoms with Crippen molar-refractivity contribution in [1.29, 1.82) is 0 Å². The summed E-state index contributed by atoms with van der Waals surface area (Å²) in [5, 5.41) is 5.54. The Labute approximate surface area is 136 Å². The summed E-state index contributed by atoms with van der Waals surface area (Å²) in [5.74, 6) is 1.47. The fourth-order valence-corrected chi connectivity index (χ4v) is 2.08. The Balaban J connectivity index is 2.06. The van der Waals surface area contributed by atoms with Crippen molar-refractivity contribution in [3.8, 4) is 11.5 Å². The van der Waals surface area contributed by atoms with Crippen molar-refractivity contribution in [2.75, 3.05) is 11.1 Å². The maximum absolute atomic E-state index is 11.6. The SMILES string of the molecule is Cc1cc(Oc2ccc(NC(=O)NC(C)C)cc2)c(C)cc1N. The largest absolute Gasteiger partial charge is 0.457 e. The number of anilines is 2. The molecular weight excluding hydrogens is 290 g/mol. The Kier molecular flexibility index (Phi) is 5.11. The fourth-order valence-electron chi connectivity index (χ4n) is 2.08. The van der Waals surface area contributed by atoms with Crippen LogP contribution in [0.5, 0.6) is 11.5 Å². The third kappa shape index (κ3) is 4.64. The van der Waals surface area contributed by atoms with E-state index < -0.39 is 0 Å². The Hall–Kier alpha value is -2.69. The molecule has 0 aromatic heterocycles. The zero-order valence-electron chi connectivity index (χ0n) is 13.9. The van der Waals surface area contributed by atoms with Gasteiger partial charge in [0.1, 0.15) is 11.5 Å². The number of carbonyl (C=O) groups is 1. The molecule has 0 heterocycles. The van der Waals surface area contributed by atoms with Crippen LogP contribution < -0.4 is 21.1 Å². The molecule has 0 aliphatic rings. The first kappa shape index (κ1) is 16.7. The van der Waals surface area contributed by atoms with Crippen LogP contribution in [0.2, 0.25) is 0 Å². The molecule has 2 amide bonds. The van der Waals surface area contributed by atoms with E-state index in [0.29, 0.717) is 11.4 Å². The molecule has 0 aliphatic heterocycles. The highest BCUT2D eigenvalue weighted by Crippen LogP contribution is 2.29. The number of nitrogens with one attached hydrogen (secondary N) is 2. The molecule has 2 aromatic carbocycles. The Morgan fingerprint density at radius 1 is 1.09 bits per heavy atom. The summed E-state index contributed by atoms with van der Waals surface area (Å²) in [5.41, 5.74) is 9.31. The molecule has 122 valence electrons. The molecule has 0 fully saturated rings. The first-order valence-corrected chi connectivity index (χ1v) is 7.57. The maximum atomic E-state index is 11.6. The summed E-state index contributed by atoms with van der Waals surface area (Å²) in [4.78, 5) is 11.6.